The number of carbonyl (C=O) groups excluding carboxylic acids is 3. The summed E-state index contributed by atoms with van der Waals surface area (Å²) in [6.07, 6.45) is -0.815. The van der Waals surface area contributed by atoms with Crippen molar-refractivity contribution < 1.29 is 38.1 Å². The van der Waals surface area contributed by atoms with Crippen molar-refractivity contribution >= 4 is 18.0 Å². The van der Waals surface area contributed by atoms with E-state index in [1.807, 2.05) is 0 Å². The normalized spacial score (nSPS) is 12.0. The highest BCUT2D eigenvalue weighted by Gasteiger charge is 2.40. The number of rotatable bonds is 7. The second kappa shape index (κ2) is 9.82. The van der Waals surface area contributed by atoms with Gasteiger partial charge in [-0.15, -0.1) is 0 Å². The second-order valence-electron chi connectivity index (χ2n) is 6.76. The smallest absolute Gasteiger partial charge is 0.408 e. The van der Waals surface area contributed by atoms with Gasteiger partial charge in [-0.25, -0.2) is 4.79 Å². The van der Waals surface area contributed by atoms with Crippen molar-refractivity contribution in [1.82, 2.24) is 5.32 Å². The van der Waals surface area contributed by atoms with Crippen LogP contribution in [0.2, 0.25) is 0 Å². The third-order valence-electron chi connectivity index (χ3n) is 3.68. The van der Waals surface area contributed by atoms with Crippen molar-refractivity contribution in [2.75, 3.05) is 28.4 Å². The first-order chi connectivity index (χ1) is 13.1. The Kier molecular flexibility index (Phi) is 8.09. The molecule has 9 nitrogen and oxygen atoms in total. The average molecular weight is 397 g/mol. The van der Waals surface area contributed by atoms with E-state index in [9.17, 15) is 14.4 Å². The molecule has 0 spiro atoms. The van der Waals surface area contributed by atoms with Crippen molar-refractivity contribution in [2.45, 2.75) is 32.4 Å². The van der Waals surface area contributed by atoms with Crippen LogP contribution in [-0.2, 0) is 23.8 Å². The molecular weight excluding hydrogens is 370 g/mol. The fourth-order valence-electron chi connectivity index (χ4n) is 2.46. The minimum Gasteiger partial charge on any atom is -0.493 e. The van der Waals surface area contributed by atoms with Crippen LogP contribution in [-0.4, -0.2) is 52.1 Å². The lowest BCUT2D eigenvalue weighted by Gasteiger charge is -2.27. The molecule has 28 heavy (non-hydrogen) atoms. The lowest BCUT2D eigenvalue weighted by Crippen LogP contribution is -2.43. The highest BCUT2D eigenvalue weighted by Crippen LogP contribution is 2.33. The standard InChI is InChI=1S/C19H27NO8/c1-19(2,3)28-18(23)20-15(14(16(21)26-6)17(22)27-7)11-8-9-12(24-4)13(10-11)25-5/h8-10,14-15H,1-7H3,(H,20,23)/t15-/m1/s1. The molecule has 0 aliphatic carbocycles. The molecule has 1 aromatic carbocycles. The van der Waals surface area contributed by atoms with Crippen LogP contribution >= 0.6 is 0 Å². The van der Waals surface area contributed by atoms with Gasteiger partial charge in [0, 0.05) is 0 Å². The van der Waals surface area contributed by atoms with Crippen LogP contribution in [0.25, 0.3) is 0 Å². The molecule has 0 saturated heterocycles. The van der Waals surface area contributed by atoms with Crippen LogP contribution in [0.3, 0.4) is 0 Å². The van der Waals surface area contributed by atoms with E-state index in [0.29, 0.717) is 17.1 Å². The van der Waals surface area contributed by atoms with Gasteiger partial charge in [0.15, 0.2) is 17.4 Å². The van der Waals surface area contributed by atoms with Gasteiger partial charge in [0.1, 0.15) is 5.60 Å². The monoisotopic (exact) mass is 397 g/mol. The Morgan fingerprint density at radius 2 is 1.43 bits per heavy atom. The lowest BCUT2D eigenvalue weighted by atomic mass is 9.92. The number of nitrogens with one attached hydrogen (secondary N) is 1. The molecule has 1 atom stereocenters. The molecule has 1 rings (SSSR count). The minimum atomic E-state index is -1.46. The number of hydrogen-bond donors (Lipinski definition) is 1. The Hall–Kier alpha value is -2.97. The molecule has 1 aromatic rings. The predicted octanol–water partition coefficient (Wildman–Crippen LogP) is 2.23. The number of ether oxygens (including phenoxy) is 5. The van der Waals surface area contributed by atoms with Gasteiger partial charge in [0.2, 0.25) is 0 Å². The molecule has 1 amide bonds. The van der Waals surface area contributed by atoms with Crippen molar-refractivity contribution in [3.63, 3.8) is 0 Å². The van der Waals surface area contributed by atoms with Gasteiger partial charge in [-0.3, -0.25) is 9.59 Å². The quantitative estimate of drug-likeness (QED) is 0.424. The molecule has 0 aliphatic heterocycles. The molecule has 9 heteroatoms. The van der Waals surface area contributed by atoms with Crippen LogP contribution in [0.4, 0.5) is 4.79 Å². The molecule has 0 bridgehead atoms. The Morgan fingerprint density at radius 1 is 0.893 bits per heavy atom. The molecule has 0 fully saturated rings. The van der Waals surface area contributed by atoms with Crippen molar-refractivity contribution in [2.24, 2.45) is 5.92 Å². The molecule has 0 radical (unpaired) electrons. The maximum atomic E-state index is 12.4. The van der Waals surface area contributed by atoms with Crippen LogP contribution in [0.5, 0.6) is 11.5 Å². The van der Waals surface area contributed by atoms with E-state index in [-0.39, 0.29) is 0 Å². The highest BCUT2D eigenvalue weighted by atomic mass is 16.6. The van der Waals surface area contributed by atoms with Gasteiger partial charge in [-0.2, -0.15) is 0 Å². The third-order valence-corrected chi connectivity index (χ3v) is 3.68. The minimum absolute atomic E-state index is 0.351. The summed E-state index contributed by atoms with van der Waals surface area (Å²) in [7, 11) is 5.19. The van der Waals surface area contributed by atoms with Crippen LogP contribution < -0.4 is 14.8 Å². The van der Waals surface area contributed by atoms with Gasteiger partial charge in [0.25, 0.3) is 0 Å². The third kappa shape index (κ3) is 6.04. The summed E-state index contributed by atoms with van der Waals surface area (Å²) in [4.78, 5) is 37.0. The summed E-state index contributed by atoms with van der Waals surface area (Å²) in [6.45, 7) is 5.07. The zero-order valence-electron chi connectivity index (χ0n) is 17.2. The number of amides is 1. The summed E-state index contributed by atoms with van der Waals surface area (Å²) >= 11 is 0. The molecule has 0 unspecified atom stereocenters. The zero-order chi connectivity index (χ0) is 21.5. The maximum absolute atomic E-state index is 12.4. The van der Waals surface area contributed by atoms with E-state index in [4.69, 9.17) is 23.7 Å². The molecule has 156 valence electrons. The van der Waals surface area contributed by atoms with Crippen molar-refractivity contribution in [3.05, 3.63) is 23.8 Å². The van der Waals surface area contributed by atoms with Gasteiger partial charge in [-0.1, -0.05) is 6.07 Å². The number of carbonyl (C=O) groups is 3. The fraction of sp³-hybridized carbons (Fsp3) is 0.526. The van der Waals surface area contributed by atoms with E-state index >= 15 is 0 Å². The van der Waals surface area contributed by atoms with Crippen LogP contribution in [0.1, 0.15) is 32.4 Å². The first kappa shape index (κ1) is 23.1. The number of hydrogen-bond acceptors (Lipinski definition) is 8. The number of esters is 2. The van der Waals surface area contributed by atoms with Crippen molar-refractivity contribution in [3.8, 4) is 11.5 Å². The van der Waals surface area contributed by atoms with E-state index in [2.05, 4.69) is 5.32 Å². The van der Waals surface area contributed by atoms with Crippen LogP contribution in [0.15, 0.2) is 18.2 Å². The molecule has 1 N–H and O–H groups in total. The molecule has 0 aromatic heterocycles. The van der Waals surface area contributed by atoms with Gasteiger partial charge in [0.05, 0.1) is 34.5 Å². The summed E-state index contributed by atoms with van der Waals surface area (Å²) in [6, 6.07) is 3.58. The zero-order valence-corrected chi connectivity index (χ0v) is 17.2. The number of benzene rings is 1. The lowest BCUT2D eigenvalue weighted by molar-refractivity contribution is -0.160. The summed E-state index contributed by atoms with van der Waals surface area (Å²) in [5.74, 6) is -2.41. The Labute approximate surface area is 164 Å². The molecular formula is C19H27NO8. The van der Waals surface area contributed by atoms with E-state index in [1.165, 1.54) is 14.2 Å². The average Bonchev–Trinajstić information content (AvgIpc) is 2.64. The van der Waals surface area contributed by atoms with Crippen molar-refractivity contribution in [1.29, 1.82) is 0 Å². The highest BCUT2D eigenvalue weighted by molar-refractivity contribution is 5.96. The molecule has 0 aliphatic rings. The fourth-order valence-corrected chi connectivity index (χ4v) is 2.46. The Bertz CT molecular complexity index is 694. The summed E-state index contributed by atoms with van der Waals surface area (Å²) in [5.41, 5.74) is -0.387. The summed E-state index contributed by atoms with van der Waals surface area (Å²) in [5, 5.41) is 2.55. The van der Waals surface area contributed by atoms with Crippen LogP contribution in [0, 0.1) is 5.92 Å². The molecule has 0 saturated carbocycles. The molecule has 0 heterocycles. The first-order valence-electron chi connectivity index (χ1n) is 8.45. The number of methoxy groups -OCH3 is 4. The van der Waals surface area contributed by atoms with Gasteiger partial charge < -0.3 is 29.0 Å². The first-order valence-corrected chi connectivity index (χ1v) is 8.45. The Balaban J connectivity index is 3.43. The largest absolute Gasteiger partial charge is 0.493 e. The number of alkyl carbamates (subject to hydrolysis) is 1. The topological polar surface area (TPSA) is 109 Å². The maximum Gasteiger partial charge on any atom is 0.408 e. The second-order valence-corrected chi connectivity index (χ2v) is 6.76. The van der Waals surface area contributed by atoms with E-state index in [0.717, 1.165) is 14.2 Å². The Morgan fingerprint density at radius 3 is 1.86 bits per heavy atom. The summed E-state index contributed by atoms with van der Waals surface area (Å²) < 4.78 is 25.2. The van der Waals surface area contributed by atoms with E-state index < -0.39 is 35.6 Å². The van der Waals surface area contributed by atoms with Gasteiger partial charge >= 0.3 is 18.0 Å². The SMILES string of the molecule is COC(=O)C(C(=O)OC)[C@H](NC(=O)OC(C)(C)C)c1ccc(OC)c(OC)c1. The predicted molar refractivity (Wildman–Crippen MR) is 99.2 cm³/mol. The van der Waals surface area contributed by atoms with E-state index in [1.54, 1.807) is 39.0 Å². The van der Waals surface area contributed by atoms with Gasteiger partial charge in [-0.05, 0) is 38.5 Å².